The number of aromatic nitrogens is 1. The fourth-order valence-electron chi connectivity index (χ4n) is 3.14. The van der Waals surface area contributed by atoms with Crippen LogP contribution in [0, 0.1) is 0 Å². The first-order valence-corrected chi connectivity index (χ1v) is 9.91. The van der Waals surface area contributed by atoms with Crippen molar-refractivity contribution in [3.8, 4) is 0 Å². The Morgan fingerprint density at radius 3 is 2.64 bits per heavy atom. The lowest BCUT2D eigenvalue weighted by Gasteiger charge is -2.15. The summed E-state index contributed by atoms with van der Waals surface area (Å²) in [5, 5.41) is 2.21. The summed E-state index contributed by atoms with van der Waals surface area (Å²) in [5.41, 5.74) is 5.52. The molecule has 5 nitrogen and oxygen atoms in total. The number of amides is 2. The minimum absolute atomic E-state index is 0.181. The van der Waals surface area contributed by atoms with Crippen molar-refractivity contribution in [2.45, 2.75) is 6.42 Å². The summed E-state index contributed by atoms with van der Waals surface area (Å²) in [6.45, 7) is 0. The number of hydrogen-bond acceptors (Lipinski definition) is 4. The minimum atomic E-state index is -0.315. The molecule has 0 unspecified atom stereocenters. The molecule has 2 aromatic carbocycles. The van der Waals surface area contributed by atoms with Crippen molar-refractivity contribution in [2.24, 2.45) is 7.05 Å². The quantitative estimate of drug-likeness (QED) is 0.530. The second-order valence-corrected chi connectivity index (χ2v) is 8.10. The van der Waals surface area contributed by atoms with Gasteiger partial charge in [0.25, 0.3) is 5.91 Å². The smallest absolute Gasteiger partial charge is 0.285 e. The highest BCUT2D eigenvalue weighted by Gasteiger charge is 2.33. The first-order chi connectivity index (χ1) is 13.5. The zero-order valence-corrected chi connectivity index (χ0v) is 16.7. The first-order valence-electron chi connectivity index (χ1n) is 8.68. The zero-order chi connectivity index (χ0) is 19.7. The third-order valence-corrected chi connectivity index (χ3v) is 5.75. The van der Waals surface area contributed by atoms with Crippen LogP contribution < -0.4 is 5.43 Å². The fourth-order valence-corrected chi connectivity index (χ4v) is 4.31. The number of hydrogen-bond donors (Lipinski definition) is 1. The van der Waals surface area contributed by atoms with Crippen LogP contribution in [0.5, 0.6) is 0 Å². The molecule has 1 aliphatic rings. The number of fused-ring (bicyclic) bond motifs is 1. The number of thioether (sulfide) groups is 1. The lowest BCUT2D eigenvalue weighted by molar-refractivity contribution is -0.132. The summed E-state index contributed by atoms with van der Waals surface area (Å²) in [6.07, 6.45) is 3.98. The summed E-state index contributed by atoms with van der Waals surface area (Å²) in [7, 11) is 1.97. The predicted octanol–water partition coefficient (Wildman–Crippen LogP) is 3.65. The topological polar surface area (TPSA) is 54.3 Å². The van der Waals surface area contributed by atoms with Gasteiger partial charge in [0.2, 0.25) is 5.91 Å². The van der Waals surface area contributed by atoms with Crippen molar-refractivity contribution in [1.82, 2.24) is 15.0 Å². The number of thiocarbonyl (C=S) groups is 1. The van der Waals surface area contributed by atoms with E-state index in [1.807, 2.05) is 78.5 Å². The number of hydrazine groups is 1. The number of nitrogens with one attached hydrogen (secondary N) is 1. The van der Waals surface area contributed by atoms with Crippen LogP contribution in [0.1, 0.15) is 11.1 Å². The van der Waals surface area contributed by atoms with E-state index in [1.54, 1.807) is 0 Å². The molecule has 140 valence electrons. The second kappa shape index (κ2) is 7.61. The van der Waals surface area contributed by atoms with Gasteiger partial charge in [0, 0.05) is 29.7 Å². The van der Waals surface area contributed by atoms with Gasteiger partial charge >= 0.3 is 0 Å². The number of carbonyl (C=O) groups excluding carboxylic acids is 2. The van der Waals surface area contributed by atoms with Crippen LogP contribution in [0.2, 0.25) is 0 Å². The van der Waals surface area contributed by atoms with Crippen molar-refractivity contribution in [1.29, 1.82) is 0 Å². The number of rotatable bonds is 4. The van der Waals surface area contributed by atoms with Gasteiger partial charge in [-0.1, -0.05) is 60.3 Å². The third kappa shape index (κ3) is 3.58. The molecule has 28 heavy (non-hydrogen) atoms. The molecular weight excluding hydrogens is 390 g/mol. The molecule has 1 aliphatic heterocycles. The van der Waals surface area contributed by atoms with Gasteiger partial charge in [-0.05, 0) is 29.9 Å². The van der Waals surface area contributed by atoms with E-state index in [2.05, 4.69) is 5.43 Å². The molecule has 1 saturated heterocycles. The molecule has 2 amide bonds. The first kappa shape index (κ1) is 18.5. The van der Waals surface area contributed by atoms with Crippen LogP contribution in [-0.4, -0.2) is 25.7 Å². The van der Waals surface area contributed by atoms with Gasteiger partial charge in [0.1, 0.15) is 0 Å². The largest absolute Gasteiger partial charge is 0.350 e. The fraction of sp³-hybridized carbons (Fsp3) is 0.0952. The lowest BCUT2D eigenvalue weighted by Crippen LogP contribution is -2.45. The van der Waals surface area contributed by atoms with Crippen LogP contribution in [-0.2, 0) is 23.1 Å². The van der Waals surface area contributed by atoms with Crippen LogP contribution >= 0.6 is 24.0 Å². The minimum Gasteiger partial charge on any atom is -0.350 e. The van der Waals surface area contributed by atoms with Gasteiger partial charge in [-0.3, -0.25) is 15.0 Å². The summed E-state index contributed by atoms with van der Waals surface area (Å²) < 4.78 is 2.33. The average Bonchev–Trinajstić information content (AvgIpc) is 3.14. The lowest BCUT2D eigenvalue weighted by atomic mass is 10.1. The molecule has 7 heteroatoms. The number of para-hydroxylation sites is 1. The second-order valence-electron chi connectivity index (χ2n) is 6.43. The average molecular weight is 408 g/mol. The Labute approximate surface area is 172 Å². The van der Waals surface area contributed by atoms with Crippen molar-refractivity contribution >= 4 is 57.1 Å². The monoisotopic (exact) mass is 407 g/mol. The molecule has 0 bridgehead atoms. The third-order valence-electron chi connectivity index (χ3n) is 4.45. The van der Waals surface area contributed by atoms with E-state index in [0.717, 1.165) is 27.0 Å². The van der Waals surface area contributed by atoms with E-state index in [9.17, 15) is 9.59 Å². The van der Waals surface area contributed by atoms with E-state index < -0.39 is 0 Å². The summed E-state index contributed by atoms with van der Waals surface area (Å²) >= 11 is 6.49. The maximum atomic E-state index is 12.8. The van der Waals surface area contributed by atoms with Gasteiger partial charge in [0.15, 0.2) is 4.32 Å². The van der Waals surface area contributed by atoms with E-state index in [0.29, 0.717) is 9.23 Å². The van der Waals surface area contributed by atoms with Gasteiger partial charge in [0.05, 0.1) is 11.3 Å². The van der Waals surface area contributed by atoms with Gasteiger partial charge in [-0.25, -0.2) is 0 Å². The molecule has 3 aromatic rings. The number of benzene rings is 2. The number of nitrogens with zero attached hydrogens (tertiary/aromatic N) is 2. The van der Waals surface area contributed by atoms with Crippen LogP contribution in [0.15, 0.2) is 65.7 Å². The number of carbonyl (C=O) groups is 2. The standard InChI is InChI=1S/C21H17N3O2S2/c1-23-13-15(16-9-5-6-10-17(16)23)12-18-20(26)24(21(27)28-18)22-19(25)11-14-7-3-2-4-8-14/h2-10,12-13H,11H2,1H3,(H,22,25)/b18-12-. The molecule has 0 saturated carbocycles. The Bertz CT molecular complexity index is 1120. The van der Waals surface area contributed by atoms with Crippen LogP contribution in [0.4, 0.5) is 0 Å². The maximum absolute atomic E-state index is 12.8. The maximum Gasteiger partial charge on any atom is 0.285 e. The van der Waals surface area contributed by atoms with Gasteiger partial charge in [-0.15, -0.1) is 0 Å². The SMILES string of the molecule is Cn1cc(/C=C2\SC(=S)N(NC(=O)Cc3ccccc3)C2=O)c2ccccc21. The molecular formula is C21H17N3O2S2. The molecule has 1 fully saturated rings. The Hall–Kier alpha value is -2.90. The van der Waals surface area contributed by atoms with E-state index >= 15 is 0 Å². The molecule has 0 spiro atoms. The molecule has 1 aromatic heterocycles. The van der Waals surface area contributed by atoms with Crippen molar-refractivity contribution in [3.63, 3.8) is 0 Å². The summed E-state index contributed by atoms with van der Waals surface area (Å²) in [6, 6.07) is 17.4. The van der Waals surface area contributed by atoms with Crippen LogP contribution in [0.25, 0.3) is 17.0 Å². The molecule has 0 radical (unpaired) electrons. The molecule has 2 heterocycles. The Morgan fingerprint density at radius 2 is 1.86 bits per heavy atom. The van der Waals surface area contributed by atoms with Gasteiger partial charge in [-0.2, -0.15) is 5.01 Å². The van der Waals surface area contributed by atoms with E-state index in [-0.39, 0.29) is 18.2 Å². The van der Waals surface area contributed by atoms with E-state index in [4.69, 9.17) is 12.2 Å². The van der Waals surface area contributed by atoms with E-state index in [1.165, 1.54) is 11.8 Å². The summed E-state index contributed by atoms with van der Waals surface area (Å²) in [4.78, 5) is 25.6. The van der Waals surface area contributed by atoms with Crippen molar-refractivity contribution in [2.75, 3.05) is 0 Å². The highest BCUT2D eigenvalue weighted by atomic mass is 32.2. The zero-order valence-electron chi connectivity index (χ0n) is 15.1. The predicted molar refractivity (Wildman–Crippen MR) is 116 cm³/mol. The molecule has 4 rings (SSSR count). The normalized spacial score (nSPS) is 15.6. The Kier molecular flexibility index (Phi) is 5.02. The van der Waals surface area contributed by atoms with Crippen molar-refractivity contribution < 1.29 is 9.59 Å². The molecule has 0 atom stereocenters. The van der Waals surface area contributed by atoms with Gasteiger partial charge < -0.3 is 4.57 Å². The highest BCUT2D eigenvalue weighted by Crippen LogP contribution is 2.33. The molecule has 1 N–H and O–H groups in total. The Balaban J connectivity index is 1.53. The summed E-state index contributed by atoms with van der Waals surface area (Å²) in [5.74, 6) is -0.599. The Morgan fingerprint density at radius 1 is 1.14 bits per heavy atom. The highest BCUT2D eigenvalue weighted by molar-refractivity contribution is 8.26. The number of aryl methyl sites for hydroxylation is 1. The molecule has 0 aliphatic carbocycles. The van der Waals surface area contributed by atoms with Crippen molar-refractivity contribution in [3.05, 3.63) is 76.8 Å². The van der Waals surface area contributed by atoms with Crippen LogP contribution in [0.3, 0.4) is 0 Å².